The summed E-state index contributed by atoms with van der Waals surface area (Å²) in [4.78, 5) is 0. The van der Waals surface area contributed by atoms with E-state index in [-0.39, 0.29) is 0 Å². The van der Waals surface area contributed by atoms with Crippen molar-refractivity contribution in [2.75, 3.05) is 6.54 Å². The van der Waals surface area contributed by atoms with Crippen molar-refractivity contribution in [1.82, 2.24) is 5.32 Å². The van der Waals surface area contributed by atoms with Crippen molar-refractivity contribution in [3.8, 4) is 0 Å². The Hall–Kier alpha value is -0.820. The van der Waals surface area contributed by atoms with Crippen molar-refractivity contribution >= 4 is 0 Å². The standard InChI is InChI=1S/C20H35N/c1-5-7-8-9-10-11-12-20(21-15-6-2)19-14-13-17(3)18(4)16-19/h13-14,16,20-21H,5-12,15H2,1-4H3. The van der Waals surface area contributed by atoms with E-state index >= 15 is 0 Å². The summed E-state index contributed by atoms with van der Waals surface area (Å²) < 4.78 is 0. The lowest BCUT2D eigenvalue weighted by molar-refractivity contribution is 0.466. The zero-order valence-electron chi connectivity index (χ0n) is 14.7. The largest absolute Gasteiger partial charge is 0.310 e. The Morgan fingerprint density at radius 1 is 0.857 bits per heavy atom. The van der Waals surface area contributed by atoms with E-state index in [1.165, 1.54) is 68.1 Å². The second-order valence-electron chi connectivity index (χ2n) is 6.41. The lowest BCUT2D eigenvalue weighted by atomic mass is 9.96. The molecule has 21 heavy (non-hydrogen) atoms. The summed E-state index contributed by atoms with van der Waals surface area (Å²) in [6.45, 7) is 10.1. The summed E-state index contributed by atoms with van der Waals surface area (Å²) in [6.07, 6.45) is 10.8. The van der Waals surface area contributed by atoms with Crippen LogP contribution < -0.4 is 5.32 Å². The van der Waals surface area contributed by atoms with Gasteiger partial charge in [-0.25, -0.2) is 0 Å². The van der Waals surface area contributed by atoms with E-state index in [1.54, 1.807) is 0 Å². The molecule has 1 unspecified atom stereocenters. The third-order valence-electron chi connectivity index (χ3n) is 4.42. The minimum atomic E-state index is 0.537. The first kappa shape index (κ1) is 18.2. The molecule has 1 atom stereocenters. The summed E-state index contributed by atoms with van der Waals surface area (Å²) in [5.41, 5.74) is 4.28. The van der Waals surface area contributed by atoms with Crippen molar-refractivity contribution in [3.05, 3.63) is 34.9 Å². The lowest BCUT2D eigenvalue weighted by Crippen LogP contribution is -2.22. The average Bonchev–Trinajstić information content (AvgIpc) is 2.49. The Morgan fingerprint density at radius 2 is 1.57 bits per heavy atom. The maximum absolute atomic E-state index is 3.73. The van der Waals surface area contributed by atoms with Crippen LogP contribution in [0.25, 0.3) is 0 Å². The molecule has 0 saturated carbocycles. The highest BCUT2D eigenvalue weighted by Gasteiger charge is 2.11. The van der Waals surface area contributed by atoms with Gasteiger partial charge in [0.05, 0.1) is 0 Å². The SMILES string of the molecule is CCCCCCCCC(NCCC)c1ccc(C)c(C)c1. The number of rotatable bonds is 11. The third-order valence-corrected chi connectivity index (χ3v) is 4.42. The topological polar surface area (TPSA) is 12.0 Å². The second-order valence-corrected chi connectivity index (χ2v) is 6.41. The van der Waals surface area contributed by atoms with E-state index in [9.17, 15) is 0 Å². The fourth-order valence-corrected chi connectivity index (χ4v) is 2.82. The summed E-state index contributed by atoms with van der Waals surface area (Å²) in [7, 11) is 0. The van der Waals surface area contributed by atoms with Crippen molar-refractivity contribution < 1.29 is 0 Å². The molecule has 1 nitrogen and oxygen atoms in total. The molecule has 0 aliphatic rings. The highest BCUT2D eigenvalue weighted by molar-refractivity contribution is 5.31. The molecular formula is C20H35N. The van der Waals surface area contributed by atoms with Gasteiger partial charge >= 0.3 is 0 Å². The molecular weight excluding hydrogens is 254 g/mol. The van der Waals surface area contributed by atoms with Crippen LogP contribution in [0.3, 0.4) is 0 Å². The molecule has 0 bridgehead atoms. The monoisotopic (exact) mass is 289 g/mol. The second kappa shape index (κ2) is 10.8. The molecule has 0 heterocycles. The number of hydrogen-bond donors (Lipinski definition) is 1. The van der Waals surface area contributed by atoms with Crippen LogP contribution in [0, 0.1) is 13.8 Å². The number of unbranched alkanes of at least 4 members (excludes halogenated alkanes) is 5. The zero-order valence-corrected chi connectivity index (χ0v) is 14.7. The predicted octanol–water partition coefficient (Wildman–Crippen LogP) is 6.09. The van der Waals surface area contributed by atoms with Gasteiger partial charge < -0.3 is 5.32 Å². The van der Waals surface area contributed by atoms with Crippen LogP contribution in [0.1, 0.15) is 87.9 Å². The maximum atomic E-state index is 3.73. The molecule has 1 aromatic rings. The van der Waals surface area contributed by atoms with E-state index in [4.69, 9.17) is 0 Å². The molecule has 120 valence electrons. The van der Waals surface area contributed by atoms with Crippen LogP contribution in [0.4, 0.5) is 0 Å². The fourth-order valence-electron chi connectivity index (χ4n) is 2.82. The van der Waals surface area contributed by atoms with Crippen LogP contribution in [-0.4, -0.2) is 6.54 Å². The Kier molecular flexibility index (Phi) is 9.41. The molecule has 0 radical (unpaired) electrons. The van der Waals surface area contributed by atoms with E-state index in [1.807, 2.05) is 0 Å². The van der Waals surface area contributed by atoms with E-state index in [0.29, 0.717) is 6.04 Å². The summed E-state index contributed by atoms with van der Waals surface area (Å²) in [5.74, 6) is 0. The fraction of sp³-hybridized carbons (Fsp3) is 0.700. The Balaban J connectivity index is 2.48. The van der Waals surface area contributed by atoms with Gasteiger partial charge in [0.2, 0.25) is 0 Å². The maximum Gasteiger partial charge on any atom is 0.0320 e. The van der Waals surface area contributed by atoms with Crippen LogP contribution >= 0.6 is 0 Å². The molecule has 0 aliphatic carbocycles. The molecule has 1 rings (SSSR count). The first-order valence-electron chi connectivity index (χ1n) is 8.99. The van der Waals surface area contributed by atoms with Gasteiger partial charge in [-0.05, 0) is 49.9 Å². The van der Waals surface area contributed by atoms with Gasteiger partial charge in [0.15, 0.2) is 0 Å². The van der Waals surface area contributed by atoms with E-state index in [2.05, 4.69) is 51.2 Å². The number of aryl methyl sites for hydroxylation is 2. The minimum Gasteiger partial charge on any atom is -0.310 e. The highest BCUT2D eigenvalue weighted by atomic mass is 14.9. The summed E-state index contributed by atoms with van der Waals surface area (Å²) in [5, 5.41) is 3.73. The van der Waals surface area contributed by atoms with Crippen LogP contribution in [-0.2, 0) is 0 Å². The van der Waals surface area contributed by atoms with Gasteiger partial charge in [0.25, 0.3) is 0 Å². The molecule has 1 aromatic carbocycles. The Labute approximate surface area is 132 Å². The average molecular weight is 290 g/mol. The molecule has 0 aromatic heterocycles. The van der Waals surface area contributed by atoms with Gasteiger partial charge in [-0.3, -0.25) is 0 Å². The Morgan fingerprint density at radius 3 is 2.24 bits per heavy atom. The summed E-state index contributed by atoms with van der Waals surface area (Å²) >= 11 is 0. The first-order valence-corrected chi connectivity index (χ1v) is 8.99. The smallest absolute Gasteiger partial charge is 0.0320 e. The van der Waals surface area contributed by atoms with Gasteiger partial charge in [0.1, 0.15) is 0 Å². The van der Waals surface area contributed by atoms with Crippen molar-refractivity contribution in [1.29, 1.82) is 0 Å². The van der Waals surface area contributed by atoms with E-state index < -0.39 is 0 Å². The normalized spacial score (nSPS) is 12.6. The first-order chi connectivity index (χ1) is 10.2. The molecule has 0 amide bonds. The molecule has 0 fully saturated rings. The van der Waals surface area contributed by atoms with Crippen LogP contribution in [0.2, 0.25) is 0 Å². The lowest BCUT2D eigenvalue weighted by Gasteiger charge is -2.20. The zero-order chi connectivity index (χ0) is 15.5. The van der Waals surface area contributed by atoms with E-state index in [0.717, 1.165) is 6.54 Å². The molecule has 1 heteroatoms. The molecule has 1 N–H and O–H groups in total. The molecule has 0 spiro atoms. The third kappa shape index (κ3) is 7.13. The van der Waals surface area contributed by atoms with Gasteiger partial charge in [-0.1, -0.05) is 70.6 Å². The highest BCUT2D eigenvalue weighted by Crippen LogP contribution is 2.23. The number of nitrogens with one attached hydrogen (secondary N) is 1. The predicted molar refractivity (Wildman–Crippen MR) is 94.9 cm³/mol. The summed E-state index contributed by atoms with van der Waals surface area (Å²) in [6, 6.07) is 7.49. The van der Waals surface area contributed by atoms with Crippen LogP contribution in [0.5, 0.6) is 0 Å². The van der Waals surface area contributed by atoms with Crippen molar-refractivity contribution in [3.63, 3.8) is 0 Å². The number of benzene rings is 1. The van der Waals surface area contributed by atoms with Crippen molar-refractivity contribution in [2.45, 2.75) is 85.1 Å². The van der Waals surface area contributed by atoms with Crippen LogP contribution in [0.15, 0.2) is 18.2 Å². The van der Waals surface area contributed by atoms with Crippen molar-refractivity contribution in [2.24, 2.45) is 0 Å². The Bertz CT molecular complexity index is 383. The molecule has 0 aliphatic heterocycles. The quantitative estimate of drug-likeness (QED) is 0.486. The number of hydrogen-bond acceptors (Lipinski definition) is 1. The van der Waals surface area contributed by atoms with Gasteiger partial charge in [-0.15, -0.1) is 0 Å². The van der Waals surface area contributed by atoms with Gasteiger partial charge in [-0.2, -0.15) is 0 Å². The molecule has 0 saturated heterocycles. The van der Waals surface area contributed by atoms with Gasteiger partial charge in [0, 0.05) is 6.04 Å². The minimum absolute atomic E-state index is 0.537.